The molecule has 0 aromatic heterocycles. The SMILES string of the molecule is CCSCCCC[C@]1(C=O)CCC(NC(C)=O)CO1.C[O-].O=C(NCC(O)CO)c1ccc(-c2ccccc2)cc1.[Na+]. The van der Waals surface area contributed by atoms with Gasteiger partial charge in [0.15, 0.2) is 6.29 Å². The Balaban J connectivity index is 0.000000740. The van der Waals surface area contributed by atoms with Gasteiger partial charge < -0.3 is 35.5 Å². The zero-order valence-electron chi connectivity index (χ0n) is 25.3. The molecule has 0 bridgehead atoms. The Bertz CT molecular complexity index is 1000. The molecule has 0 aliphatic carbocycles. The fraction of sp³-hybridized carbons (Fsp3) is 0.516. The van der Waals surface area contributed by atoms with Crippen molar-refractivity contribution in [2.24, 2.45) is 0 Å². The summed E-state index contributed by atoms with van der Waals surface area (Å²) in [5.41, 5.74) is 2.05. The third-order valence-corrected chi connectivity index (χ3v) is 7.40. The van der Waals surface area contributed by atoms with E-state index in [-0.39, 0.29) is 60.6 Å². The topological polar surface area (TPSA) is 148 Å². The quantitative estimate of drug-likeness (QED) is 0.136. The van der Waals surface area contributed by atoms with Crippen molar-refractivity contribution >= 4 is 29.9 Å². The largest absolute Gasteiger partial charge is 1.00 e. The number of nitrogens with one attached hydrogen (secondary N) is 2. The summed E-state index contributed by atoms with van der Waals surface area (Å²) in [7, 11) is 0.750. The number of unbranched alkanes of at least 4 members (excludes halogenated alkanes) is 1. The Morgan fingerprint density at radius 1 is 1.12 bits per heavy atom. The molecule has 1 aliphatic rings. The van der Waals surface area contributed by atoms with Crippen molar-refractivity contribution < 1.29 is 64.0 Å². The van der Waals surface area contributed by atoms with E-state index < -0.39 is 11.7 Å². The van der Waals surface area contributed by atoms with Crippen LogP contribution >= 0.6 is 11.8 Å². The van der Waals surface area contributed by atoms with Crippen LogP contribution in [0.3, 0.4) is 0 Å². The summed E-state index contributed by atoms with van der Waals surface area (Å²) < 4.78 is 5.75. The van der Waals surface area contributed by atoms with E-state index in [1.54, 1.807) is 12.1 Å². The molecule has 2 amide bonds. The molecule has 0 saturated carbocycles. The van der Waals surface area contributed by atoms with E-state index in [4.69, 9.17) is 14.9 Å². The maximum atomic E-state index is 11.8. The molecule has 2 unspecified atom stereocenters. The van der Waals surface area contributed by atoms with Crippen molar-refractivity contribution in [1.82, 2.24) is 10.6 Å². The number of aldehydes is 1. The molecule has 0 spiro atoms. The van der Waals surface area contributed by atoms with Gasteiger partial charge in [-0.05, 0) is 66.9 Å². The van der Waals surface area contributed by atoms with Crippen LogP contribution < -0.4 is 45.3 Å². The van der Waals surface area contributed by atoms with Crippen molar-refractivity contribution in [3.05, 3.63) is 60.2 Å². The summed E-state index contributed by atoms with van der Waals surface area (Å²) in [5.74, 6) is 1.99. The van der Waals surface area contributed by atoms with Crippen LogP contribution in [0.25, 0.3) is 11.1 Å². The summed E-state index contributed by atoms with van der Waals surface area (Å²) in [6.45, 7) is 3.78. The molecule has 228 valence electrons. The van der Waals surface area contributed by atoms with Gasteiger partial charge in [-0.15, -0.1) is 0 Å². The first kappa shape index (κ1) is 40.2. The van der Waals surface area contributed by atoms with Gasteiger partial charge >= 0.3 is 29.6 Å². The predicted molar refractivity (Wildman–Crippen MR) is 162 cm³/mol. The second-order valence-electron chi connectivity index (χ2n) is 9.57. The minimum Gasteiger partial charge on any atom is -0.857 e. The number of hydrogen-bond donors (Lipinski definition) is 4. The van der Waals surface area contributed by atoms with Gasteiger partial charge in [-0.25, -0.2) is 0 Å². The summed E-state index contributed by atoms with van der Waals surface area (Å²) in [6.07, 6.45) is 4.52. The zero-order chi connectivity index (χ0) is 30.5. The van der Waals surface area contributed by atoms with E-state index in [1.807, 2.05) is 54.2 Å². The van der Waals surface area contributed by atoms with Crippen LogP contribution in [0.15, 0.2) is 54.6 Å². The Kier molecular flexibility index (Phi) is 22.7. The normalized spacial score (nSPS) is 18.0. The molecule has 42 heavy (non-hydrogen) atoms. The molecule has 3 atom stereocenters. The zero-order valence-corrected chi connectivity index (χ0v) is 28.2. The van der Waals surface area contributed by atoms with Crippen LogP contribution in [0.2, 0.25) is 0 Å². The van der Waals surface area contributed by atoms with Gasteiger partial charge in [-0.3, -0.25) is 9.59 Å². The van der Waals surface area contributed by atoms with E-state index in [2.05, 4.69) is 17.6 Å². The summed E-state index contributed by atoms with van der Waals surface area (Å²) in [6, 6.07) is 17.2. The third kappa shape index (κ3) is 15.6. The Morgan fingerprint density at radius 3 is 2.29 bits per heavy atom. The van der Waals surface area contributed by atoms with Gasteiger partial charge in [-0.1, -0.05) is 49.4 Å². The number of ether oxygens (including phenoxy) is 1. The van der Waals surface area contributed by atoms with E-state index in [9.17, 15) is 19.5 Å². The van der Waals surface area contributed by atoms with Gasteiger partial charge in [-0.2, -0.15) is 18.9 Å². The number of thioether (sulfide) groups is 1. The first-order chi connectivity index (χ1) is 19.8. The molecule has 2 aromatic carbocycles. The van der Waals surface area contributed by atoms with Gasteiger partial charge in [0.25, 0.3) is 5.91 Å². The van der Waals surface area contributed by atoms with Gasteiger partial charge in [0.2, 0.25) is 5.91 Å². The fourth-order valence-corrected chi connectivity index (χ4v) is 4.88. The first-order valence-corrected chi connectivity index (χ1v) is 15.1. The summed E-state index contributed by atoms with van der Waals surface area (Å²) in [5, 5.41) is 31.5. The van der Waals surface area contributed by atoms with Crippen LogP contribution in [0.1, 0.15) is 56.3 Å². The van der Waals surface area contributed by atoms with E-state index in [0.29, 0.717) is 18.6 Å². The molecule has 3 rings (SSSR count). The van der Waals surface area contributed by atoms with E-state index >= 15 is 0 Å². The smallest absolute Gasteiger partial charge is 0.857 e. The molecule has 2 aromatic rings. The average Bonchev–Trinajstić information content (AvgIpc) is 3.02. The maximum Gasteiger partial charge on any atom is 1.00 e. The number of carbonyl (C=O) groups is 3. The first-order valence-electron chi connectivity index (χ1n) is 13.9. The minimum atomic E-state index is -0.928. The van der Waals surface area contributed by atoms with Crippen LogP contribution in [-0.2, 0) is 14.3 Å². The van der Waals surface area contributed by atoms with Crippen LogP contribution in [0.5, 0.6) is 0 Å². The van der Waals surface area contributed by atoms with Gasteiger partial charge in [0, 0.05) is 19.0 Å². The molecule has 9 nitrogen and oxygen atoms in total. The molecule has 4 N–H and O–H groups in total. The molecule has 11 heteroatoms. The van der Waals surface area contributed by atoms with E-state index in [0.717, 1.165) is 61.7 Å². The van der Waals surface area contributed by atoms with Crippen molar-refractivity contribution in [1.29, 1.82) is 0 Å². The number of benzene rings is 2. The molecular formula is C31H45N2NaO7S. The Labute approximate surface area is 276 Å². The maximum absolute atomic E-state index is 11.8. The predicted octanol–water partition coefficient (Wildman–Crippen LogP) is -0.420. The van der Waals surface area contributed by atoms with Crippen LogP contribution in [0, 0.1) is 0 Å². The van der Waals surface area contributed by atoms with Crippen molar-refractivity contribution in [3.63, 3.8) is 0 Å². The molecule has 1 fully saturated rings. The number of carbonyl (C=O) groups excluding carboxylic acids is 3. The monoisotopic (exact) mass is 612 g/mol. The van der Waals surface area contributed by atoms with Gasteiger partial charge in [0.1, 0.15) is 5.60 Å². The van der Waals surface area contributed by atoms with Crippen molar-refractivity contribution in [3.8, 4) is 11.1 Å². The summed E-state index contributed by atoms with van der Waals surface area (Å²) >= 11 is 1.93. The van der Waals surface area contributed by atoms with Crippen molar-refractivity contribution in [2.45, 2.75) is 63.7 Å². The fourth-order valence-electron chi connectivity index (χ4n) is 4.19. The molecular weight excluding hydrogens is 567 g/mol. The second kappa shape index (κ2) is 23.7. The number of aliphatic hydroxyl groups excluding tert-OH is 2. The molecule has 1 heterocycles. The molecule has 1 saturated heterocycles. The third-order valence-electron chi connectivity index (χ3n) is 6.42. The van der Waals surface area contributed by atoms with Crippen LogP contribution in [0.4, 0.5) is 0 Å². The number of amides is 2. The van der Waals surface area contributed by atoms with Crippen molar-refractivity contribution in [2.75, 3.05) is 38.4 Å². The van der Waals surface area contributed by atoms with E-state index in [1.165, 1.54) is 6.92 Å². The second-order valence-corrected chi connectivity index (χ2v) is 11.0. The van der Waals surface area contributed by atoms with Gasteiger partial charge in [0.05, 0.1) is 25.4 Å². The number of hydrogen-bond acceptors (Lipinski definition) is 8. The minimum absolute atomic E-state index is 0. The Hall–Kier alpha value is -1.76. The molecule has 1 aliphatic heterocycles. The van der Waals surface area contributed by atoms with Crippen LogP contribution in [-0.4, -0.2) is 84.4 Å². The average molecular weight is 613 g/mol. The standard InChI is InChI=1S/C16H17NO3.C14H25NO3S.CH3O.Na/c18-11-15(19)10-17-16(20)14-8-6-13(7-9-14)12-4-2-1-3-5-12;1-3-19-9-5-4-7-14(11-16)8-6-13(10-18-14)15-12(2)17;1-2;/h1-9,15,18-19H,10-11H2,(H,17,20);11,13H,3-10H2,1-2H3,(H,15,17);1H3;/q;;-1;+1/t;13?,14-;;/m.1../s1. The number of aliphatic hydroxyl groups is 2. The Morgan fingerprint density at radius 2 is 1.76 bits per heavy atom. The number of rotatable bonds is 13. The molecule has 0 radical (unpaired) electrons. The summed E-state index contributed by atoms with van der Waals surface area (Å²) in [4.78, 5) is 34.1.